The lowest BCUT2D eigenvalue weighted by atomic mass is 9.86. The lowest BCUT2D eigenvalue weighted by Crippen LogP contribution is -2.35. The van der Waals surface area contributed by atoms with Gasteiger partial charge in [-0.05, 0) is 19.3 Å². The Hall–Kier alpha value is -0.250. The van der Waals surface area contributed by atoms with Crippen molar-refractivity contribution in [2.24, 2.45) is 11.7 Å². The molecule has 0 spiro atoms. The maximum atomic E-state index is 12.1. The van der Waals surface area contributed by atoms with Crippen LogP contribution in [0.25, 0.3) is 0 Å². The van der Waals surface area contributed by atoms with Crippen molar-refractivity contribution in [2.45, 2.75) is 37.9 Å². The average Bonchev–Trinajstić information content (AvgIpc) is 1.86. The summed E-state index contributed by atoms with van der Waals surface area (Å²) in [4.78, 5) is 0. The molecule has 0 aromatic heterocycles. The summed E-state index contributed by atoms with van der Waals surface area (Å²) in [6, 6.07) is -0.240. The van der Waals surface area contributed by atoms with Gasteiger partial charge < -0.3 is 5.73 Å². The number of hydrogen-bond acceptors (Lipinski definition) is 1. The molecule has 0 unspecified atom stereocenters. The quantitative estimate of drug-likeness (QED) is 0.587. The van der Waals surface area contributed by atoms with E-state index in [1.807, 2.05) is 0 Å². The van der Waals surface area contributed by atoms with Crippen LogP contribution in [-0.2, 0) is 0 Å². The molecular weight excluding hydrogens is 155 g/mol. The first-order valence-electron chi connectivity index (χ1n) is 3.82. The van der Waals surface area contributed by atoms with Crippen LogP contribution >= 0.6 is 0 Å². The van der Waals surface area contributed by atoms with E-state index in [-0.39, 0.29) is 18.9 Å². The molecule has 0 heterocycles. The Morgan fingerprint density at radius 3 is 2.18 bits per heavy atom. The first kappa shape index (κ1) is 8.84. The third kappa shape index (κ3) is 2.36. The van der Waals surface area contributed by atoms with Gasteiger partial charge >= 0.3 is 6.18 Å². The van der Waals surface area contributed by atoms with Crippen LogP contribution in [0.2, 0.25) is 0 Å². The van der Waals surface area contributed by atoms with Crippen molar-refractivity contribution in [2.75, 3.05) is 0 Å². The molecule has 2 N–H and O–H groups in total. The highest BCUT2D eigenvalue weighted by molar-refractivity contribution is 4.79. The Morgan fingerprint density at radius 1 is 1.18 bits per heavy atom. The minimum Gasteiger partial charge on any atom is -0.328 e. The highest BCUT2D eigenvalue weighted by atomic mass is 19.4. The summed E-state index contributed by atoms with van der Waals surface area (Å²) in [6.45, 7) is 0. The van der Waals surface area contributed by atoms with Crippen molar-refractivity contribution in [3.05, 3.63) is 0 Å². The van der Waals surface area contributed by atoms with Gasteiger partial charge in [0.1, 0.15) is 0 Å². The van der Waals surface area contributed by atoms with E-state index in [1.165, 1.54) is 0 Å². The largest absolute Gasteiger partial charge is 0.391 e. The second-order valence-electron chi connectivity index (χ2n) is 3.17. The summed E-state index contributed by atoms with van der Waals surface area (Å²) in [5, 5.41) is 0. The van der Waals surface area contributed by atoms with Crippen molar-refractivity contribution in [3.63, 3.8) is 0 Å². The minimum absolute atomic E-state index is 0.115. The molecule has 2 atom stereocenters. The van der Waals surface area contributed by atoms with Gasteiger partial charge in [0, 0.05) is 6.04 Å². The molecule has 0 amide bonds. The number of alkyl halides is 3. The minimum atomic E-state index is -4.03. The highest BCUT2D eigenvalue weighted by Gasteiger charge is 2.41. The standard InChI is InChI=1S/C7H12F3N/c8-7(9,10)5-2-1-3-6(11)4-5/h5-6H,1-4,11H2/t5-,6+/m0/s1. The van der Waals surface area contributed by atoms with Crippen molar-refractivity contribution < 1.29 is 13.2 Å². The summed E-state index contributed by atoms with van der Waals surface area (Å²) in [6.07, 6.45) is -2.29. The maximum Gasteiger partial charge on any atom is 0.391 e. The SMILES string of the molecule is N[C@@H]1CCC[C@H](C(F)(F)F)C1. The molecule has 0 bridgehead atoms. The summed E-state index contributed by atoms with van der Waals surface area (Å²) in [5.41, 5.74) is 5.42. The molecule has 4 heteroatoms. The van der Waals surface area contributed by atoms with Crippen molar-refractivity contribution >= 4 is 0 Å². The molecule has 1 aliphatic rings. The van der Waals surface area contributed by atoms with Gasteiger partial charge in [0.05, 0.1) is 5.92 Å². The zero-order chi connectivity index (χ0) is 8.48. The summed E-state index contributed by atoms with van der Waals surface area (Å²) in [5.74, 6) is -1.15. The Labute approximate surface area is 63.8 Å². The van der Waals surface area contributed by atoms with Gasteiger partial charge in [-0.25, -0.2) is 0 Å². The lowest BCUT2D eigenvalue weighted by Gasteiger charge is -2.28. The van der Waals surface area contributed by atoms with E-state index in [0.29, 0.717) is 6.42 Å². The smallest absolute Gasteiger partial charge is 0.328 e. The molecule has 0 radical (unpaired) electrons. The molecule has 1 saturated carbocycles. The molecule has 0 saturated heterocycles. The molecule has 0 aromatic rings. The predicted molar refractivity (Wildman–Crippen MR) is 36.0 cm³/mol. The fourth-order valence-corrected chi connectivity index (χ4v) is 1.52. The Morgan fingerprint density at radius 2 is 1.82 bits per heavy atom. The zero-order valence-electron chi connectivity index (χ0n) is 6.19. The van der Waals surface area contributed by atoms with Gasteiger partial charge in [0.15, 0.2) is 0 Å². The fraction of sp³-hybridized carbons (Fsp3) is 1.00. The first-order chi connectivity index (χ1) is 5.00. The molecular formula is C7H12F3N. The van der Waals surface area contributed by atoms with Crippen LogP contribution in [0.3, 0.4) is 0 Å². The Balaban J connectivity index is 2.46. The van der Waals surface area contributed by atoms with Crippen LogP contribution in [-0.4, -0.2) is 12.2 Å². The van der Waals surface area contributed by atoms with Gasteiger partial charge in [0.2, 0.25) is 0 Å². The highest BCUT2D eigenvalue weighted by Crippen LogP contribution is 2.36. The molecule has 1 nitrogen and oxygen atoms in total. The normalized spacial score (nSPS) is 33.8. The van der Waals surface area contributed by atoms with Crippen LogP contribution in [0.15, 0.2) is 0 Å². The van der Waals surface area contributed by atoms with E-state index in [2.05, 4.69) is 0 Å². The van der Waals surface area contributed by atoms with Crippen LogP contribution in [0.4, 0.5) is 13.2 Å². The third-order valence-electron chi connectivity index (χ3n) is 2.18. The van der Waals surface area contributed by atoms with Crippen LogP contribution < -0.4 is 5.73 Å². The van der Waals surface area contributed by atoms with Gasteiger partial charge in [-0.2, -0.15) is 13.2 Å². The van der Waals surface area contributed by atoms with Gasteiger partial charge in [-0.15, -0.1) is 0 Å². The zero-order valence-corrected chi connectivity index (χ0v) is 6.19. The summed E-state index contributed by atoms with van der Waals surface area (Å²) >= 11 is 0. The van der Waals surface area contributed by atoms with Crippen LogP contribution in [0.1, 0.15) is 25.7 Å². The average molecular weight is 167 g/mol. The number of rotatable bonds is 0. The molecule has 11 heavy (non-hydrogen) atoms. The van der Waals surface area contributed by atoms with Crippen molar-refractivity contribution in [1.29, 1.82) is 0 Å². The summed E-state index contributed by atoms with van der Waals surface area (Å²) < 4.78 is 36.2. The molecule has 1 rings (SSSR count). The lowest BCUT2D eigenvalue weighted by molar-refractivity contribution is -0.182. The number of hydrogen-bond donors (Lipinski definition) is 1. The second kappa shape index (κ2) is 3.01. The van der Waals surface area contributed by atoms with Crippen LogP contribution in [0.5, 0.6) is 0 Å². The van der Waals surface area contributed by atoms with Gasteiger partial charge in [0.25, 0.3) is 0 Å². The van der Waals surface area contributed by atoms with E-state index < -0.39 is 12.1 Å². The summed E-state index contributed by atoms with van der Waals surface area (Å²) in [7, 11) is 0. The monoisotopic (exact) mass is 167 g/mol. The van der Waals surface area contributed by atoms with E-state index in [0.717, 1.165) is 6.42 Å². The molecule has 1 fully saturated rings. The second-order valence-corrected chi connectivity index (χ2v) is 3.17. The van der Waals surface area contributed by atoms with E-state index in [9.17, 15) is 13.2 Å². The third-order valence-corrected chi connectivity index (χ3v) is 2.18. The maximum absolute atomic E-state index is 12.1. The van der Waals surface area contributed by atoms with E-state index >= 15 is 0 Å². The van der Waals surface area contributed by atoms with E-state index in [4.69, 9.17) is 5.73 Å². The van der Waals surface area contributed by atoms with Crippen LogP contribution in [0, 0.1) is 5.92 Å². The first-order valence-corrected chi connectivity index (χ1v) is 3.82. The van der Waals surface area contributed by atoms with Gasteiger partial charge in [-0.1, -0.05) is 6.42 Å². The predicted octanol–water partition coefficient (Wildman–Crippen LogP) is 2.07. The number of nitrogens with two attached hydrogens (primary N) is 1. The van der Waals surface area contributed by atoms with E-state index in [1.54, 1.807) is 0 Å². The molecule has 1 aliphatic carbocycles. The number of halogens is 3. The van der Waals surface area contributed by atoms with Crippen molar-refractivity contribution in [1.82, 2.24) is 0 Å². The Bertz CT molecular complexity index is 132. The molecule has 0 aromatic carbocycles. The van der Waals surface area contributed by atoms with Gasteiger partial charge in [-0.3, -0.25) is 0 Å². The fourth-order valence-electron chi connectivity index (χ4n) is 1.52. The topological polar surface area (TPSA) is 26.0 Å². The molecule has 0 aliphatic heterocycles. The van der Waals surface area contributed by atoms with Crippen molar-refractivity contribution in [3.8, 4) is 0 Å². The Kier molecular flexibility index (Phi) is 2.42. The molecule has 66 valence electrons.